The minimum atomic E-state index is -0.685. The van der Waals surface area contributed by atoms with E-state index in [4.69, 9.17) is 4.74 Å². The van der Waals surface area contributed by atoms with Gasteiger partial charge in [-0.25, -0.2) is 9.59 Å². The monoisotopic (exact) mass is 416 g/mol. The molecule has 9 nitrogen and oxygen atoms in total. The summed E-state index contributed by atoms with van der Waals surface area (Å²) in [7, 11) is 0. The van der Waals surface area contributed by atoms with E-state index in [2.05, 4.69) is 10.6 Å². The highest BCUT2D eigenvalue weighted by molar-refractivity contribution is 5.95. The molecular weight excluding hydrogens is 388 g/mol. The van der Waals surface area contributed by atoms with E-state index in [1.165, 1.54) is 0 Å². The number of imidazole rings is 1. The normalized spacial score (nSPS) is 14.0. The molecule has 9 heteroatoms. The number of nitrogens with one attached hydrogen (secondary N) is 2. The van der Waals surface area contributed by atoms with Gasteiger partial charge in [-0.2, -0.15) is 0 Å². The topological polar surface area (TPSA) is 111 Å². The summed E-state index contributed by atoms with van der Waals surface area (Å²) in [4.78, 5) is 48.3. The number of benzene rings is 1. The van der Waals surface area contributed by atoms with Gasteiger partial charge in [-0.3, -0.25) is 24.0 Å². The van der Waals surface area contributed by atoms with Gasteiger partial charge < -0.3 is 10.1 Å². The summed E-state index contributed by atoms with van der Waals surface area (Å²) < 4.78 is 8.18. The number of para-hydroxylation sites is 2. The lowest BCUT2D eigenvalue weighted by Crippen LogP contribution is -2.45. The van der Waals surface area contributed by atoms with Crippen LogP contribution in [-0.2, 0) is 27.4 Å². The molecule has 1 aliphatic rings. The van der Waals surface area contributed by atoms with Gasteiger partial charge in [0.25, 0.3) is 5.91 Å². The number of hydrogen-bond acceptors (Lipinski definition) is 5. The SMILES string of the molecule is CCCn1c(=O)n(CCC(=O)OCC(=O)NC(=O)NC2CCCC2)c2ccccc21. The first-order valence-electron chi connectivity index (χ1n) is 10.4. The van der Waals surface area contributed by atoms with Crippen LogP contribution in [-0.4, -0.2) is 39.7 Å². The third-order valence-corrected chi connectivity index (χ3v) is 5.22. The van der Waals surface area contributed by atoms with Gasteiger partial charge in [-0.05, 0) is 31.4 Å². The molecule has 1 aromatic heterocycles. The number of amides is 3. The van der Waals surface area contributed by atoms with Crippen LogP contribution < -0.4 is 16.3 Å². The molecule has 1 aliphatic carbocycles. The van der Waals surface area contributed by atoms with Crippen LogP contribution in [0.25, 0.3) is 11.0 Å². The van der Waals surface area contributed by atoms with Gasteiger partial charge in [-0.15, -0.1) is 0 Å². The van der Waals surface area contributed by atoms with Crippen LogP contribution in [0.3, 0.4) is 0 Å². The second-order valence-corrected chi connectivity index (χ2v) is 7.49. The van der Waals surface area contributed by atoms with Crippen LogP contribution in [0.1, 0.15) is 45.4 Å². The van der Waals surface area contributed by atoms with E-state index in [0.717, 1.165) is 43.1 Å². The molecule has 1 saturated carbocycles. The third-order valence-electron chi connectivity index (χ3n) is 5.22. The van der Waals surface area contributed by atoms with Crippen molar-refractivity contribution < 1.29 is 19.1 Å². The second-order valence-electron chi connectivity index (χ2n) is 7.49. The summed E-state index contributed by atoms with van der Waals surface area (Å²) in [6.45, 7) is 2.21. The number of aromatic nitrogens is 2. The Kier molecular flexibility index (Phi) is 7.26. The number of hydrogen-bond donors (Lipinski definition) is 2. The number of urea groups is 1. The van der Waals surface area contributed by atoms with E-state index in [1.54, 1.807) is 9.13 Å². The van der Waals surface area contributed by atoms with Gasteiger partial charge in [0.2, 0.25) is 0 Å². The van der Waals surface area contributed by atoms with E-state index in [9.17, 15) is 19.2 Å². The molecule has 1 aromatic carbocycles. The summed E-state index contributed by atoms with van der Waals surface area (Å²) in [6, 6.07) is 6.95. The zero-order chi connectivity index (χ0) is 21.5. The van der Waals surface area contributed by atoms with E-state index < -0.39 is 24.5 Å². The number of imide groups is 1. The maximum Gasteiger partial charge on any atom is 0.329 e. The lowest BCUT2D eigenvalue weighted by molar-refractivity contribution is -0.148. The molecular formula is C21H28N4O5. The van der Waals surface area contributed by atoms with Crippen molar-refractivity contribution in [1.82, 2.24) is 19.8 Å². The first-order valence-corrected chi connectivity index (χ1v) is 10.4. The fraction of sp³-hybridized carbons (Fsp3) is 0.524. The van der Waals surface area contributed by atoms with Crippen molar-refractivity contribution in [3.63, 3.8) is 0 Å². The molecule has 3 amide bonds. The minimum absolute atomic E-state index is 0.0540. The number of fused-ring (bicyclic) bond motifs is 1. The Morgan fingerprint density at radius 1 is 1.07 bits per heavy atom. The molecule has 0 bridgehead atoms. The fourth-order valence-corrected chi connectivity index (χ4v) is 3.80. The third kappa shape index (κ3) is 5.28. The number of esters is 1. The van der Waals surface area contributed by atoms with Gasteiger partial charge in [0.15, 0.2) is 6.61 Å². The molecule has 3 rings (SSSR count). The van der Waals surface area contributed by atoms with Gasteiger partial charge in [-0.1, -0.05) is 31.9 Å². The Balaban J connectivity index is 1.49. The molecule has 0 radical (unpaired) electrons. The lowest BCUT2D eigenvalue weighted by Gasteiger charge is -2.12. The van der Waals surface area contributed by atoms with Crippen LogP contribution in [0.2, 0.25) is 0 Å². The van der Waals surface area contributed by atoms with Crippen LogP contribution in [0, 0.1) is 0 Å². The summed E-state index contributed by atoms with van der Waals surface area (Å²) >= 11 is 0. The Morgan fingerprint density at radius 2 is 1.70 bits per heavy atom. The van der Waals surface area contributed by atoms with Crippen molar-refractivity contribution >= 4 is 28.9 Å². The van der Waals surface area contributed by atoms with E-state index >= 15 is 0 Å². The predicted molar refractivity (Wildman–Crippen MR) is 111 cm³/mol. The summed E-state index contributed by atoms with van der Waals surface area (Å²) in [5.41, 5.74) is 1.41. The molecule has 0 spiro atoms. The highest BCUT2D eigenvalue weighted by atomic mass is 16.5. The van der Waals surface area contributed by atoms with E-state index in [-0.39, 0.29) is 24.7 Å². The molecule has 30 heavy (non-hydrogen) atoms. The van der Waals surface area contributed by atoms with Crippen LogP contribution >= 0.6 is 0 Å². The summed E-state index contributed by atoms with van der Waals surface area (Å²) in [6.07, 6.45) is 4.71. The van der Waals surface area contributed by atoms with Crippen molar-refractivity contribution in [2.75, 3.05) is 6.61 Å². The van der Waals surface area contributed by atoms with Gasteiger partial charge in [0.1, 0.15) is 0 Å². The summed E-state index contributed by atoms with van der Waals surface area (Å²) in [5, 5.41) is 4.89. The average molecular weight is 416 g/mol. The average Bonchev–Trinajstić information content (AvgIpc) is 3.32. The Morgan fingerprint density at radius 3 is 2.33 bits per heavy atom. The molecule has 0 saturated heterocycles. The Bertz CT molecular complexity index is 971. The standard InChI is InChI=1S/C21H28N4O5/c1-2-12-24-16-9-5-6-10-17(16)25(21(24)29)13-11-19(27)30-14-18(26)23-20(28)22-15-7-3-4-8-15/h5-6,9-10,15H,2-4,7-8,11-14H2,1H3,(H2,22,23,26,28). The summed E-state index contributed by atoms with van der Waals surface area (Å²) in [5.74, 6) is -1.30. The zero-order valence-electron chi connectivity index (χ0n) is 17.2. The highest BCUT2D eigenvalue weighted by Gasteiger charge is 2.19. The Labute approximate surface area is 174 Å². The van der Waals surface area contributed by atoms with Crippen LogP contribution in [0.15, 0.2) is 29.1 Å². The largest absolute Gasteiger partial charge is 0.456 e. The fourth-order valence-electron chi connectivity index (χ4n) is 3.80. The smallest absolute Gasteiger partial charge is 0.329 e. The Hall–Kier alpha value is -3.10. The number of aryl methyl sites for hydroxylation is 2. The van der Waals surface area contributed by atoms with E-state index in [0.29, 0.717) is 6.54 Å². The van der Waals surface area contributed by atoms with Crippen molar-refractivity contribution in [1.29, 1.82) is 0 Å². The van der Waals surface area contributed by atoms with Gasteiger partial charge >= 0.3 is 17.7 Å². The maximum atomic E-state index is 12.7. The van der Waals surface area contributed by atoms with E-state index in [1.807, 2.05) is 31.2 Å². The molecule has 0 aliphatic heterocycles. The predicted octanol–water partition coefficient (Wildman–Crippen LogP) is 1.91. The maximum absolute atomic E-state index is 12.7. The van der Waals surface area contributed by atoms with Crippen molar-refractivity contribution in [3.8, 4) is 0 Å². The zero-order valence-corrected chi connectivity index (χ0v) is 17.2. The highest BCUT2D eigenvalue weighted by Crippen LogP contribution is 2.17. The lowest BCUT2D eigenvalue weighted by atomic mass is 10.2. The van der Waals surface area contributed by atoms with Crippen molar-refractivity contribution in [2.45, 2.75) is 64.6 Å². The molecule has 2 N–H and O–H groups in total. The van der Waals surface area contributed by atoms with Crippen molar-refractivity contribution in [3.05, 3.63) is 34.7 Å². The number of carbonyl (C=O) groups is 3. The molecule has 2 aromatic rings. The number of rotatable bonds is 8. The molecule has 0 unspecified atom stereocenters. The van der Waals surface area contributed by atoms with Gasteiger partial charge in [0, 0.05) is 19.1 Å². The van der Waals surface area contributed by atoms with Crippen LogP contribution in [0.5, 0.6) is 0 Å². The minimum Gasteiger partial charge on any atom is -0.456 e. The number of ether oxygens (including phenoxy) is 1. The van der Waals surface area contributed by atoms with Gasteiger partial charge in [0.05, 0.1) is 17.5 Å². The quantitative estimate of drug-likeness (QED) is 0.639. The number of nitrogens with zero attached hydrogens (tertiary/aromatic N) is 2. The molecule has 1 fully saturated rings. The second kappa shape index (κ2) is 10.1. The van der Waals surface area contributed by atoms with Crippen molar-refractivity contribution in [2.24, 2.45) is 0 Å². The molecule has 0 atom stereocenters. The molecule has 162 valence electrons. The number of carbonyl (C=O) groups excluding carboxylic acids is 3. The van der Waals surface area contributed by atoms with Crippen LogP contribution in [0.4, 0.5) is 4.79 Å². The first-order chi connectivity index (χ1) is 14.5. The first kappa shape index (κ1) is 21.6. The molecule has 1 heterocycles.